The Morgan fingerprint density at radius 2 is 1.81 bits per heavy atom. The smallest absolute Gasteiger partial charge is 0.153 e. The number of benzene rings is 1. The van der Waals surface area contributed by atoms with Crippen molar-refractivity contribution < 1.29 is 4.39 Å². The van der Waals surface area contributed by atoms with Gasteiger partial charge in [-0.3, -0.25) is 10.1 Å². The van der Waals surface area contributed by atoms with Crippen LogP contribution in [-0.4, -0.2) is 53.3 Å². The van der Waals surface area contributed by atoms with Crippen molar-refractivity contribution in [3.05, 3.63) is 66.2 Å². The Morgan fingerprint density at radius 3 is 2.33 bits per heavy atom. The first kappa shape index (κ1) is 19.0. The second-order valence-electron chi connectivity index (χ2n) is 6.93. The summed E-state index contributed by atoms with van der Waals surface area (Å²) in [5, 5.41) is 7.58. The zero-order valence-corrected chi connectivity index (χ0v) is 16.1. The number of rotatable bonds is 3. The number of aromatic nitrogens is 3. The van der Waals surface area contributed by atoms with Gasteiger partial charge < -0.3 is 9.80 Å². The van der Waals surface area contributed by atoms with Gasteiger partial charge in [0.1, 0.15) is 5.82 Å². The third kappa shape index (κ3) is 4.71. The molecule has 1 aliphatic rings. The molecule has 1 N–H and O–H groups in total. The van der Waals surface area contributed by atoms with E-state index in [1.54, 1.807) is 24.5 Å². The van der Waals surface area contributed by atoms with Crippen molar-refractivity contribution in [1.82, 2.24) is 20.1 Å². The van der Waals surface area contributed by atoms with E-state index in [-0.39, 0.29) is 5.82 Å². The molecule has 3 heterocycles. The summed E-state index contributed by atoms with van der Waals surface area (Å²) < 4.78 is 13.0. The number of halogens is 1. The molecule has 0 radical (unpaired) electrons. The van der Waals surface area contributed by atoms with Gasteiger partial charge in [0.15, 0.2) is 5.82 Å². The van der Waals surface area contributed by atoms with E-state index in [1.807, 2.05) is 18.2 Å². The molecule has 0 aliphatic carbocycles. The Kier molecular flexibility index (Phi) is 6.19. The number of aromatic amines is 1. The van der Waals surface area contributed by atoms with Crippen molar-refractivity contribution in [2.24, 2.45) is 0 Å². The lowest BCUT2D eigenvalue weighted by molar-refractivity contribution is 0.315. The van der Waals surface area contributed by atoms with E-state index in [0.29, 0.717) is 6.04 Å². The van der Waals surface area contributed by atoms with Gasteiger partial charge in [-0.15, -0.1) is 0 Å². The number of hydrogen-bond acceptors (Lipinski definition) is 4. The van der Waals surface area contributed by atoms with Crippen LogP contribution in [0.25, 0.3) is 11.3 Å². The second kappa shape index (κ2) is 8.77. The first-order valence-corrected chi connectivity index (χ1v) is 9.13. The second-order valence-corrected chi connectivity index (χ2v) is 6.93. The van der Waals surface area contributed by atoms with Gasteiger partial charge in [0, 0.05) is 42.7 Å². The predicted molar refractivity (Wildman–Crippen MR) is 107 cm³/mol. The molecule has 0 amide bonds. The normalized spacial score (nSPS) is 16.3. The molecule has 1 aliphatic heterocycles. The van der Waals surface area contributed by atoms with Gasteiger partial charge in [0.05, 0.1) is 5.69 Å². The summed E-state index contributed by atoms with van der Waals surface area (Å²) >= 11 is 0. The maximum Gasteiger partial charge on any atom is 0.153 e. The average Bonchev–Trinajstić information content (AvgIpc) is 3.31. The highest BCUT2D eigenvalue weighted by Crippen LogP contribution is 2.30. The number of pyridine rings is 1. The third-order valence-corrected chi connectivity index (χ3v) is 4.88. The Balaban J connectivity index is 0.000000299. The van der Waals surface area contributed by atoms with Crippen molar-refractivity contribution in [3.63, 3.8) is 0 Å². The Hall–Kier alpha value is -2.73. The van der Waals surface area contributed by atoms with Crippen molar-refractivity contribution >= 4 is 5.82 Å². The molecule has 0 spiro atoms. The minimum absolute atomic E-state index is 0.218. The van der Waals surface area contributed by atoms with Crippen LogP contribution >= 0.6 is 0 Å². The summed E-state index contributed by atoms with van der Waals surface area (Å²) in [4.78, 5) is 8.37. The van der Waals surface area contributed by atoms with E-state index in [2.05, 4.69) is 46.0 Å². The fourth-order valence-electron chi connectivity index (χ4n) is 3.26. The maximum atomic E-state index is 13.0. The minimum Gasteiger partial charge on any atom is -0.353 e. The lowest BCUT2D eigenvalue weighted by atomic mass is 10.1. The number of nitrogens with zero attached hydrogens (tertiary/aromatic N) is 4. The van der Waals surface area contributed by atoms with E-state index in [4.69, 9.17) is 0 Å². The highest BCUT2D eigenvalue weighted by Gasteiger charge is 2.27. The quantitative estimate of drug-likeness (QED) is 0.766. The fourth-order valence-corrected chi connectivity index (χ4v) is 3.26. The molecule has 1 atom stereocenters. The van der Waals surface area contributed by atoms with Crippen LogP contribution < -0.4 is 4.90 Å². The van der Waals surface area contributed by atoms with Crippen molar-refractivity contribution in [2.45, 2.75) is 19.4 Å². The lowest BCUT2D eigenvalue weighted by Crippen LogP contribution is -2.31. The topological polar surface area (TPSA) is 48.0 Å². The molecule has 1 aromatic carbocycles. The minimum atomic E-state index is -0.218. The molecule has 3 aromatic rings. The summed E-state index contributed by atoms with van der Waals surface area (Å²) in [7, 11) is 4.24. The van der Waals surface area contributed by atoms with E-state index in [0.717, 1.165) is 42.1 Å². The Labute approximate surface area is 159 Å². The van der Waals surface area contributed by atoms with Crippen LogP contribution in [0, 0.1) is 12.7 Å². The van der Waals surface area contributed by atoms with Crippen LogP contribution in [0.2, 0.25) is 0 Å². The summed E-state index contributed by atoms with van der Waals surface area (Å²) in [5.41, 5.74) is 3.07. The molecule has 5 nitrogen and oxygen atoms in total. The van der Waals surface area contributed by atoms with Gasteiger partial charge in [0.2, 0.25) is 0 Å². The van der Waals surface area contributed by atoms with Gasteiger partial charge in [-0.05, 0) is 63.8 Å². The van der Waals surface area contributed by atoms with Crippen LogP contribution in [0.15, 0.2) is 54.9 Å². The highest BCUT2D eigenvalue weighted by atomic mass is 19.1. The van der Waals surface area contributed by atoms with Crippen LogP contribution in [0.4, 0.5) is 10.2 Å². The number of nitrogens with one attached hydrogen (secondary N) is 1. The summed E-state index contributed by atoms with van der Waals surface area (Å²) in [6.07, 6.45) is 4.66. The average molecular weight is 367 g/mol. The largest absolute Gasteiger partial charge is 0.353 e. The maximum absolute atomic E-state index is 13.0. The summed E-state index contributed by atoms with van der Waals surface area (Å²) in [6, 6.07) is 12.8. The van der Waals surface area contributed by atoms with Crippen LogP contribution in [0.5, 0.6) is 0 Å². The molecule has 2 aromatic heterocycles. The Bertz CT molecular complexity index is 803. The van der Waals surface area contributed by atoms with Gasteiger partial charge in [-0.2, -0.15) is 5.10 Å². The van der Waals surface area contributed by atoms with E-state index >= 15 is 0 Å². The molecule has 1 saturated heterocycles. The molecule has 0 bridgehead atoms. The zero-order valence-electron chi connectivity index (χ0n) is 16.1. The monoisotopic (exact) mass is 367 g/mol. The molecule has 4 rings (SSSR count). The van der Waals surface area contributed by atoms with Crippen LogP contribution in [0.3, 0.4) is 0 Å². The van der Waals surface area contributed by atoms with Crippen LogP contribution in [-0.2, 0) is 0 Å². The van der Waals surface area contributed by atoms with E-state index in [9.17, 15) is 4.39 Å². The first-order valence-electron chi connectivity index (χ1n) is 9.13. The third-order valence-electron chi connectivity index (χ3n) is 4.88. The molecule has 6 heteroatoms. The SMILES string of the molecule is Cc1c(N2CCC(N(C)C)C2)n[nH]c1-c1ccc(F)cc1.c1ccncc1. The number of anilines is 1. The molecule has 142 valence electrons. The Morgan fingerprint density at radius 1 is 1.11 bits per heavy atom. The molecule has 0 saturated carbocycles. The van der Waals surface area contributed by atoms with Crippen LogP contribution in [0.1, 0.15) is 12.0 Å². The standard InChI is InChI=1S/C16H21FN4.C5H5N/c1-11-15(12-4-6-13(17)7-5-12)18-19-16(11)21-9-8-14(10-21)20(2)3;1-2-4-6-5-3-1/h4-7,14H,8-10H2,1-3H3,(H,18,19);1-5H. The van der Waals surface area contributed by atoms with Gasteiger partial charge in [-0.1, -0.05) is 6.07 Å². The molecular weight excluding hydrogens is 341 g/mol. The van der Waals surface area contributed by atoms with Gasteiger partial charge in [0.25, 0.3) is 0 Å². The first-order chi connectivity index (χ1) is 13.1. The number of likely N-dealkylation sites (N-methyl/N-ethyl adjacent to an activating group) is 1. The van der Waals surface area contributed by atoms with E-state index < -0.39 is 0 Å². The van der Waals surface area contributed by atoms with Crippen molar-refractivity contribution in [1.29, 1.82) is 0 Å². The van der Waals surface area contributed by atoms with Gasteiger partial charge >= 0.3 is 0 Å². The highest BCUT2D eigenvalue weighted by molar-refractivity contribution is 5.69. The van der Waals surface area contributed by atoms with Crippen molar-refractivity contribution in [2.75, 3.05) is 32.1 Å². The molecule has 27 heavy (non-hydrogen) atoms. The summed E-state index contributed by atoms with van der Waals surface area (Å²) in [6.45, 7) is 4.10. The lowest BCUT2D eigenvalue weighted by Gasteiger charge is -2.20. The zero-order chi connectivity index (χ0) is 19.2. The van der Waals surface area contributed by atoms with Gasteiger partial charge in [-0.25, -0.2) is 4.39 Å². The molecule has 1 unspecified atom stereocenters. The fraction of sp³-hybridized carbons (Fsp3) is 0.333. The molecular formula is C21H26FN5. The number of H-pyrrole nitrogens is 1. The number of hydrogen-bond donors (Lipinski definition) is 1. The van der Waals surface area contributed by atoms with E-state index in [1.165, 1.54) is 12.1 Å². The summed E-state index contributed by atoms with van der Waals surface area (Å²) in [5.74, 6) is 0.795. The molecule has 1 fully saturated rings. The van der Waals surface area contributed by atoms with Crippen molar-refractivity contribution in [3.8, 4) is 11.3 Å². The predicted octanol–water partition coefficient (Wildman–Crippen LogP) is 3.75.